The Bertz CT molecular complexity index is 364. The average Bonchev–Trinajstić information content (AvgIpc) is 2.49. The lowest BCUT2D eigenvalue weighted by Gasteiger charge is -2.13. The maximum atomic E-state index is 11.6. The van der Waals surface area contributed by atoms with Crippen molar-refractivity contribution in [1.82, 2.24) is 4.90 Å². The number of carbonyl (C=O) groups is 2. The van der Waals surface area contributed by atoms with Crippen molar-refractivity contribution in [1.29, 1.82) is 0 Å². The quantitative estimate of drug-likeness (QED) is 0.898. The van der Waals surface area contributed by atoms with Gasteiger partial charge in [0, 0.05) is 7.05 Å². The second kappa shape index (κ2) is 4.56. The number of hydrogen-bond acceptors (Lipinski definition) is 3. The number of thiophene rings is 1. The molecule has 0 unspecified atom stereocenters. The number of nitrogens with two attached hydrogens (primary N) is 1. The molecule has 1 rings (SSSR count). The number of primary amides is 1. The highest BCUT2D eigenvalue weighted by molar-refractivity contribution is 9.11. The number of nitrogens with zero attached hydrogens (tertiary/aromatic N) is 1. The average molecular weight is 277 g/mol. The van der Waals surface area contributed by atoms with Crippen LogP contribution in [0.15, 0.2) is 15.9 Å². The van der Waals surface area contributed by atoms with E-state index in [1.807, 2.05) is 0 Å². The molecule has 4 nitrogen and oxygen atoms in total. The summed E-state index contributed by atoms with van der Waals surface area (Å²) < 4.78 is 0.883. The lowest BCUT2D eigenvalue weighted by Crippen LogP contribution is -2.34. The molecular formula is C8H9BrN2O2S. The van der Waals surface area contributed by atoms with Crippen LogP contribution in [0.1, 0.15) is 9.67 Å². The van der Waals surface area contributed by atoms with E-state index in [4.69, 9.17) is 5.73 Å². The van der Waals surface area contributed by atoms with Crippen molar-refractivity contribution in [3.8, 4) is 0 Å². The summed E-state index contributed by atoms with van der Waals surface area (Å²) in [5, 5.41) is 0. The lowest BCUT2D eigenvalue weighted by molar-refractivity contribution is -0.118. The summed E-state index contributed by atoms with van der Waals surface area (Å²) in [6.07, 6.45) is 0. The third kappa shape index (κ3) is 2.81. The van der Waals surface area contributed by atoms with E-state index in [1.54, 1.807) is 19.2 Å². The summed E-state index contributed by atoms with van der Waals surface area (Å²) in [5.41, 5.74) is 4.98. The van der Waals surface area contributed by atoms with Crippen molar-refractivity contribution < 1.29 is 9.59 Å². The van der Waals surface area contributed by atoms with E-state index in [2.05, 4.69) is 15.9 Å². The van der Waals surface area contributed by atoms with Crippen LogP contribution in [-0.2, 0) is 4.79 Å². The first-order chi connectivity index (χ1) is 6.50. The summed E-state index contributed by atoms with van der Waals surface area (Å²) in [4.78, 5) is 24.1. The fourth-order valence-corrected chi connectivity index (χ4v) is 2.30. The second-order valence-corrected chi connectivity index (χ2v) is 5.19. The van der Waals surface area contributed by atoms with Gasteiger partial charge in [-0.05, 0) is 28.1 Å². The van der Waals surface area contributed by atoms with Crippen LogP contribution < -0.4 is 5.73 Å². The number of halogens is 1. The van der Waals surface area contributed by atoms with Crippen molar-refractivity contribution >= 4 is 39.1 Å². The standard InChI is InChI=1S/C8H9BrN2O2S/c1-11(4-7(10)12)8(13)5-2-3-6(9)14-5/h2-3H,4H2,1H3,(H2,10,12). The van der Waals surface area contributed by atoms with Gasteiger partial charge in [-0.2, -0.15) is 0 Å². The highest BCUT2D eigenvalue weighted by Crippen LogP contribution is 2.22. The summed E-state index contributed by atoms with van der Waals surface area (Å²) in [6, 6.07) is 3.49. The van der Waals surface area contributed by atoms with Gasteiger partial charge in [0.15, 0.2) is 0 Å². The van der Waals surface area contributed by atoms with Gasteiger partial charge in [0.1, 0.15) is 0 Å². The number of rotatable bonds is 3. The summed E-state index contributed by atoms with van der Waals surface area (Å²) in [7, 11) is 1.54. The van der Waals surface area contributed by atoms with E-state index in [9.17, 15) is 9.59 Å². The topological polar surface area (TPSA) is 63.4 Å². The Morgan fingerprint density at radius 3 is 2.64 bits per heavy atom. The van der Waals surface area contributed by atoms with Gasteiger partial charge in [-0.1, -0.05) is 0 Å². The van der Waals surface area contributed by atoms with Crippen LogP contribution >= 0.6 is 27.3 Å². The van der Waals surface area contributed by atoms with Crippen LogP contribution in [0.4, 0.5) is 0 Å². The monoisotopic (exact) mass is 276 g/mol. The number of likely N-dealkylation sites (N-methyl/N-ethyl adjacent to an activating group) is 1. The van der Waals surface area contributed by atoms with Gasteiger partial charge >= 0.3 is 0 Å². The maximum Gasteiger partial charge on any atom is 0.264 e. The molecule has 0 aliphatic rings. The maximum absolute atomic E-state index is 11.6. The van der Waals surface area contributed by atoms with Gasteiger partial charge in [0.05, 0.1) is 15.2 Å². The molecule has 0 saturated carbocycles. The Hall–Kier alpha value is -0.880. The Morgan fingerprint density at radius 2 is 2.21 bits per heavy atom. The SMILES string of the molecule is CN(CC(N)=O)C(=O)c1ccc(Br)s1. The van der Waals surface area contributed by atoms with Gasteiger partial charge in [-0.3, -0.25) is 9.59 Å². The number of amides is 2. The zero-order valence-electron chi connectivity index (χ0n) is 7.49. The minimum atomic E-state index is -0.517. The van der Waals surface area contributed by atoms with Crippen molar-refractivity contribution in [3.05, 3.63) is 20.8 Å². The van der Waals surface area contributed by atoms with Gasteiger partial charge in [0.2, 0.25) is 5.91 Å². The van der Waals surface area contributed by atoms with Crippen LogP contribution in [-0.4, -0.2) is 30.3 Å². The normalized spacial score (nSPS) is 9.86. The molecule has 0 aliphatic heterocycles. The Labute approximate surface area is 93.8 Å². The van der Waals surface area contributed by atoms with E-state index in [1.165, 1.54) is 16.2 Å². The molecule has 0 fully saturated rings. The molecule has 1 aromatic heterocycles. The van der Waals surface area contributed by atoms with Crippen LogP contribution in [0.5, 0.6) is 0 Å². The molecule has 0 aliphatic carbocycles. The highest BCUT2D eigenvalue weighted by Gasteiger charge is 2.14. The van der Waals surface area contributed by atoms with Crippen LogP contribution in [0, 0.1) is 0 Å². The zero-order chi connectivity index (χ0) is 10.7. The first-order valence-electron chi connectivity index (χ1n) is 3.80. The van der Waals surface area contributed by atoms with Crippen molar-refractivity contribution in [2.75, 3.05) is 13.6 Å². The Kier molecular flexibility index (Phi) is 3.65. The van der Waals surface area contributed by atoms with Gasteiger partial charge < -0.3 is 10.6 Å². The lowest BCUT2D eigenvalue weighted by atomic mass is 10.4. The molecule has 14 heavy (non-hydrogen) atoms. The van der Waals surface area contributed by atoms with Crippen molar-refractivity contribution in [2.24, 2.45) is 5.73 Å². The van der Waals surface area contributed by atoms with E-state index in [0.717, 1.165) is 3.79 Å². The smallest absolute Gasteiger partial charge is 0.264 e. The molecule has 0 bridgehead atoms. The first kappa shape index (κ1) is 11.2. The Balaban J connectivity index is 2.70. The van der Waals surface area contributed by atoms with Gasteiger partial charge in [-0.15, -0.1) is 11.3 Å². The Morgan fingerprint density at radius 1 is 1.57 bits per heavy atom. The minimum Gasteiger partial charge on any atom is -0.368 e. The second-order valence-electron chi connectivity index (χ2n) is 2.73. The molecule has 1 aromatic rings. The van der Waals surface area contributed by atoms with E-state index < -0.39 is 5.91 Å². The summed E-state index contributed by atoms with van der Waals surface area (Å²) in [6.45, 7) is -0.0612. The molecule has 0 saturated heterocycles. The van der Waals surface area contributed by atoms with Crippen molar-refractivity contribution in [2.45, 2.75) is 0 Å². The molecule has 1 heterocycles. The molecule has 2 amide bonds. The van der Waals surface area contributed by atoms with Crippen molar-refractivity contribution in [3.63, 3.8) is 0 Å². The first-order valence-corrected chi connectivity index (χ1v) is 5.40. The molecule has 0 atom stereocenters. The van der Waals surface area contributed by atoms with E-state index in [-0.39, 0.29) is 12.5 Å². The predicted molar refractivity (Wildman–Crippen MR) is 58.2 cm³/mol. The largest absolute Gasteiger partial charge is 0.368 e. The van der Waals surface area contributed by atoms with Gasteiger partial charge in [-0.25, -0.2) is 0 Å². The summed E-state index contributed by atoms with van der Waals surface area (Å²) >= 11 is 4.58. The third-order valence-electron chi connectivity index (χ3n) is 1.52. The van der Waals surface area contributed by atoms with E-state index >= 15 is 0 Å². The fraction of sp³-hybridized carbons (Fsp3) is 0.250. The zero-order valence-corrected chi connectivity index (χ0v) is 9.89. The molecular weight excluding hydrogens is 268 g/mol. The number of carbonyl (C=O) groups excluding carboxylic acids is 2. The predicted octanol–water partition coefficient (Wildman–Crippen LogP) is 1.07. The van der Waals surface area contributed by atoms with Crippen LogP contribution in [0.2, 0.25) is 0 Å². The molecule has 0 radical (unpaired) electrons. The molecule has 2 N–H and O–H groups in total. The van der Waals surface area contributed by atoms with Crippen LogP contribution in [0.3, 0.4) is 0 Å². The highest BCUT2D eigenvalue weighted by atomic mass is 79.9. The molecule has 76 valence electrons. The molecule has 0 aromatic carbocycles. The minimum absolute atomic E-state index is 0.0612. The summed E-state index contributed by atoms with van der Waals surface area (Å²) in [5.74, 6) is -0.712. The van der Waals surface area contributed by atoms with E-state index in [0.29, 0.717) is 4.88 Å². The molecule has 0 spiro atoms. The van der Waals surface area contributed by atoms with Crippen LogP contribution in [0.25, 0.3) is 0 Å². The fourth-order valence-electron chi connectivity index (χ4n) is 0.923. The molecule has 6 heteroatoms. The van der Waals surface area contributed by atoms with Gasteiger partial charge in [0.25, 0.3) is 5.91 Å². The number of hydrogen-bond donors (Lipinski definition) is 1. The third-order valence-corrected chi connectivity index (χ3v) is 3.14.